The third-order valence-corrected chi connectivity index (χ3v) is 7.07. The number of nitrogens with one attached hydrogen (secondary N) is 1. The van der Waals surface area contributed by atoms with E-state index in [1.54, 1.807) is 12.3 Å². The van der Waals surface area contributed by atoms with Crippen LogP contribution >= 0.6 is 0 Å². The van der Waals surface area contributed by atoms with Crippen LogP contribution in [0, 0.1) is 42.2 Å². The number of H-pyrrole nitrogens is 1. The van der Waals surface area contributed by atoms with E-state index in [1.165, 1.54) is 17.1 Å². The molecule has 6 rings (SSSR count). The van der Waals surface area contributed by atoms with E-state index in [1.807, 2.05) is 11.6 Å². The summed E-state index contributed by atoms with van der Waals surface area (Å²) in [4.78, 5) is 25.0. The molecule has 0 saturated heterocycles. The van der Waals surface area contributed by atoms with Crippen LogP contribution in [0.5, 0.6) is 0 Å². The van der Waals surface area contributed by atoms with Crippen molar-refractivity contribution in [1.82, 2.24) is 14.8 Å². The molecule has 8 heteroatoms. The molecule has 6 nitrogen and oxygen atoms in total. The number of fused-ring (bicyclic) bond motifs is 2. The molecule has 3 fully saturated rings. The van der Waals surface area contributed by atoms with Crippen LogP contribution < -0.4 is 5.56 Å². The molecule has 1 aromatic heterocycles. The fourth-order valence-electron chi connectivity index (χ4n) is 5.45. The molecule has 1 amide bonds. The van der Waals surface area contributed by atoms with E-state index in [9.17, 15) is 18.4 Å². The Morgan fingerprint density at radius 2 is 1.87 bits per heavy atom. The molecule has 3 saturated carbocycles. The van der Waals surface area contributed by atoms with Crippen LogP contribution in [0.1, 0.15) is 43.0 Å². The van der Waals surface area contributed by atoms with E-state index < -0.39 is 17.7 Å². The fraction of sp³-hybridized carbons (Fsp3) is 0.500. The Morgan fingerprint density at radius 1 is 1.13 bits per heavy atom. The quantitative estimate of drug-likeness (QED) is 0.833. The summed E-state index contributed by atoms with van der Waals surface area (Å²) in [5.74, 6) is -0.311. The Kier molecular flexibility index (Phi) is 4.60. The second-order valence-electron chi connectivity index (χ2n) is 8.90. The second-order valence-corrected chi connectivity index (χ2v) is 8.90. The number of carbonyl (C=O) groups excluding carboxylic acids is 1. The number of hydrogen-bond donors (Lipinski definition) is 1. The molecule has 2 aromatic rings. The maximum Gasteiger partial charge on any atom is 0.264 e. The summed E-state index contributed by atoms with van der Waals surface area (Å²) in [7, 11) is 0. The van der Waals surface area contributed by atoms with E-state index in [2.05, 4.69) is 10.2 Å². The van der Waals surface area contributed by atoms with Crippen LogP contribution in [0.2, 0.25) is 0 Å². The third kappa shape index (κ3) is 3.28. The first kappa shape index (κ1) is 19.2. The van der Waals surface area contributed by atoms with Gasteiger partial charge in [0.15, 0.2) is 0 Å². The first-order chi connectivity index (χ1) is 14.4. The Balaban J connectivity index is 1.34. The van der Waals surface area contributed by atoms with Gasteiger partial charge in [0.2, 0.25) is 5.91 Å². The molecule has 3 aliphatic carbocycles. The number of aromatic nitrogens is 2. The second kappa shape index (κ2) is 7.18. The predicted octanol–water partition coefficient (Wildman–Crippen LogP) is 3.38. The number of hydrazone groups is 1. The lowest BCUT2D eigenvalue weighted by molar-refractivity contribution is -0.147. The fourth-order valence-corrected chi connectivity index (χ4v) is 5.45. The van der Waals surface area contributed by atoms with Crippen molar-refractivity contribution < 1.29 is 13.6 Å². The highest BCUT2D eigenvalue weighted by Gasteiger charge is 2.50. The molecular weight excluding hydrogens is 390 g/mol. The zero-order valence-electron chi connectivity index (χ0n) is 16.7. The van der Waals surface area contributed by atoms with E-state index in [4.69, 9.17) is 0 Å². The molecule has 1 aromatic carbocycles. The summed E-state index contributed by atoms with van der Waals surface area (Å²) in [6.45, 7) is 2.59. The number of aryl methyl sites for hydroxylation is 1. The topological polar surface area (TPSA) is 70.5 Å². The van der Waals surface area contributed by atoms with Crippen LogP contribution in [0.4, 0.5) is 8.78 Å². The number of nitrogens with zero attached hydrogens (tertiary/aromatic N) is 3. The largest absolute Gasteiger partial charge is 0.289 e. The highest BCUT2D eigenvalue weighted by molar-refractivity contribution is 5.82. The Bertz CT molecular complexity index is 1050. The molecule has 1 N–H and O–H groups in total. The predicted molar refractivity (Wildman–Crippen MR) is 107 cm³/mol. The zero-order valence-corrected chi connectivity index (χ0v) is 16.7. The summed E-state index contributed by atoms with van der Waals surface area (Å²) in [6.07, 6.45) is 4.83. The van der Waals surface area contributed by atoms with E-state index in [0.717, 1.165) is 31.0 Å². The van der Waals surface area contributed by atoms with Gasteiger partial charge in [0.1, 0.15) is 11.6 Å². The van der Waals surface area contributed by atoms with Crippen LogP contribution in [-0.4, -0.2) is 26.9 Å². The van der Waals surface area contributed by atoms with Crippen LogP contribution in [0.15, 0.2) is 34.2 Å². The van der Waals surface area contributed by atoms with E-state index in [-0.39, 0.29) is 17.4 Å². The Labute approximate surface area is 172 Å². The monoisotopic (exact) mass is 414 g/mol. The molecule has 2 bridgehead atoms. The zero-order chi connectivity index (χ0) is 21.0. The molecule has 30 heavy (non-hydrogen) atoms. The molecule has 0 radical (unpaired) electrons. The average Bonchev–Trinajstić information content (AvgIpc) is 3.26. The van der Waals surface area contributed by atoms with E-state index in [0.29, 0.717) is 36.3 Å². The first-order valence-corrected chi connectivity index (χ1v) is 10.5. The summed E-state index contributed by atoms with van der Waals surface area (Å²) < 4.78 is 29.3. The average molecular weight is 414 g/mol. The normalized spacial score (nSPS) is 29.8. The number of benzene rings is 1. The van der Waals surface area contributed by atoms with Crippen molar-refractivity contribution in [3.8, 4) is 0 Å². The minimum absolute atomic E-state index is 0.0655. The van der Waals surface area contributed by atoms with Gasteiger partial charge in [-0.15, -0.1) is 0 Å². The van der Waals surface area contributed by atoms with Gasteiger partial charge in [-0.05, 0) is 61.6 Å². The van der Waals surface area contributed by atoms with Crippen LogP contribution in [0.25, 0.3) is 0 Å². The number of amides is 1. The molecule has 1 aliphatic heterocycles. The van der Waals surface area contributed by atoms with Gasteiger partial charge in [0.25, 0.3) is 5.56 Å². The summed E-state index contributed by atoms with van der Waals surface area (Å²) in [5.41, 5.74) is 1.21. The van der Waals surface area contributed by atoms with Crippen molar-refractivity contribution in [2.75, 3.05) is 0 Å². The van der Waals surface area contributed by atoms with Gasteiger partial charge in [-0.3, -0.25) is 19.4 Å². The maximum absolute atomic E-state index is 13.7. The summed E-state index contributed by atoms with van der Waals surface area (Å²) in [6, 6.07) is 4.49. The SMILES string of the molecule is Cc1cc(=O)[nH]n1C[C@@H]1C[C@H](C(=O)N2N=CCC2c2cc(F)cc(F)c2)C2CC1C2. The highest BCUT2D eigenvalue weighted by Crippen LogP contribution is 2.53. The van der Waals surface area contributed by atoms with Crippen LogP contribution in [-0.2, 0) is 11.3 Å². The molecular formula is C22H24F2N4O2. The Morgan fingerprint density at radius 3 is 2.53 bits per heavy atom. The number of hydrogen-bond acceptors (Lipinski definition) is 3. The van der Waals surface area contributed by atoms with Crippen molar-refractivity contribution >= 4 is 12.1 Å². The molecule has 1 unspecified atom stereocenters. The summed E-state index contributed by atoms with van der Waals surface area (Å²) in [5, 5.41) is 8.53. The molecule has 158 valence electrons. The van der Waals surface area contributed by atoms with Crippen LogP contribution in [0.3, 0.4) is 0 Å². The van der Waals surface area contributed by atoms with Crippen molar-refractivity contribution in [2.24, 2.45) is 28.8 Å². The molecule has 2 heterocycles. The number of rotatable bonds is 4. The van der Waals surface area contributed by atoms with Crippen molar-refractivity contribution in [3.63, 3.8) is 0 Å². The minimum Gasteiger partial charge on any atom is -0.289 e. The smallest absolute Gasteiger partial charge is 0.264 e. The molecule has 3 atom stereocenters. The van der Waals surface area contributed by atoms with Gasteiger partial charge in [-0.1, -0.05) is 0 Å². The van der Waals surface area contributed by atoms with Gasteiger partial charge in [-0.25, -0.2) is 13.8 Å². The highest BCUT2D eigenvalue weighted by atomic mass is 19.1. The first-order valence-electron chi connectivity index (χ1n) is 10.5. The molecule has 0 spiro atoms. The summed E-state index contributed by atoms with van der Waals surface area (Å²) >= 11 is 0. The number of carbonyl (C=O) groups is 1. The third-order valence-electron chi connectivity index (χ3n) is 7.07. The number of aromatic amines is 1. The lowest BCUT2D eigenvalue weighted by atomic mass is 9.55. The van der Waals surface area contributed by atoms with Gasteiger partial charge in [0, 0.05) is 42.9 Å². The van der Waals surface area contributed by atoms with Crippen molar-refractivity contribution in [3.05, 3.63) is 57.5 Å². The van der Waals surface area contributed by atoms with E-state index >= 15 is 0 Å². The van der Waals surface area contributed by atoms with Crippen molar-refractivity contribution in [2.45, 2.75) is 45.2 Å². The lowest BCUT2D eigenvalue weighted by Crippen LogP contribution is -2.49. The standard InChI is InChI=1S/C22H24F2N4O2/c1-12-4-21(29)26-27(12)11-16-9-19(14-5-13(16)6-14)22(30)28-20(2-3-25-28)15-7-17(23)10-18(24)8-15/h3-4,7-8,10,13-14,16,19-20H,2,5-6,9,11H2,1H3,(H,26,29)/t13?,14?,16-,19-,20?/m0/s1. The number of halogens is 2. The van der Waals surface area contributed by atoms with Gasteiger partial charge in [0.05, 0.1) is 6.04 Å². The van der Waals surface area contributed by atoms with Gasteiger partial charge < -0.3 is 0 Å². The molecule has 4 aliphatic rings. The van der Waals surface area contributed by atoms with Gasteiger partial charge in [-0.2, -0.15) is 5.10 Å². The van der Waals surface area contributed by atoms with Crippen molar-refractivity contribution in [1.29, 1.82) is 0 Å². The van der Waals surface area contributed by atoms with Gasteiger partial charge >= 0.3 is 0 Å². The minimum atomic E-state index is -0.653. The maximum atomic E-state index is 13.7. The Hall–Kier alpha value is -2.77. The lowest BCUT2D eigenvalue weighted by Gasteiger charge is -2.51.